The lowest BCUT2D eigenvalue weighted by atomic mass is 10.2. The largest absolute Gasteiger partial charge is 0.508 e. The van der Waals surface area contributed by atoms with Crippen molar-refractivity contribution in [3.8, 4) is 5.75 Å². The van der Waals surface area contributed by atoms with Crippen LogP contribution in [0.1, 0.15) is 24.8 Å². The van der Waals surface area contributed by atoms with E-state index >= 15 is 0 Å². The Morgan fingerprint density at radius 3 is 2.72 bits per heavy atom. The van der Waals surface area contributed by atoms with Gasteiger partial charge in [-0.2, -0.15) is 0 Å². The highest BCUT2D eigenvalue weighted by atomic mass is 19.1. The third kappa shape index (κ3) is 4.27. The molecule has 1 aromatic carbocycles. The highest BCUT2D eigenvalue weighted by Gasteiger charge is 2.09. The number of phenolic OH excluding ortho intramolecular Hbond substituents is 1. The molecule has 3 nitrogen and oxygen atoms in total. The Balaban J connectivity index is 1.62. The van der Waals surface area contributed by atoms with Crippen molar-refractivity contribution in [1.82, 2.24) is 10.2 Å². The zero-order valence-electron chi connectivity index (χ0n) is 10.7. The van der Waals surface area contributed by atoms with Crippen LogP contribution in [0.2, 0.25) is 0 Å². The van der Waals surface area contributed by atoms with Gasteiger partial charge in [0.1, 0.15) is 11.6 Å². The van der Waals surface area contributed by atoms with Crippen LogP contribution in [-0.2, 0) is 6.54 Å². The molecule has 0 saturated carbocycles. The Morgan fingerprint density at radius 1 is 1.22 bits per heavy atom. The maximum Gasteiger partial charge on any atom is 0.127 e. The molecular weight excluding hydrogens is 231 g/mol. The quantitative estimate of drug-likeness (QED) is 0.761. The molecule has 18 heavy (non-hydrogen) atoms. The van der Waals surface area contributed by atoms with Gasteiger partial charge in [-0.25, -0.2) is 4.39 Å². The minimum atomic E-state index is -0.385. The second-order valence-corrected chi connectivity index (χ2v) is 4.90. The molecule has 1 saturated heterocycles. The molecule has 1 fully saturated rings. The number of nitrogens with zero attached hydrogens (tertiary/aromatic N) is 1. The number of benzene rings is 1. The molecular formula is C14H21FN2O. The van der Waals surface area contributed by atoms with E-state index < -0.39 is 0 Å². The van der Waals surface area contributed by atoms with Gasteiger partial charge in [-0.05, 0) is 63.1 Å². The van der Waals surface area contributed by atoms with E-state index in [1.54, 1.807) is 6.07 Å². The van der Waals surface area contributed by atoms with Gasteiger partial charge in [0.05, 0.1) is 0 Å². The smallest absolute Gasteiger partial charge is 0.127 e. The summed E-state index contributed by atoms with van der Waals surface area (Å²) in [7, 11) is 0. The second kappa shape index (κ2) is 6.71. The van der Waals surface area contributed by atoms with Crippen LogP contribution in [0.25, 0.3) is 0 Å². The summed E-state index contributed by atoms with van der Waals surface area (Å²) in [6.07, 6.45) is 3.77. The van der Waals surface area contributed by atoms with Crippen LogP contribution in [0.3, 0.4) is 0 Å². The summed E-state index contributed by atoms with van der Waals surface area (Å²) in [5, 5.41) is 12.5. The molecule has 0 aromatic heterocycles. The first-order valence-corrected chi connectivity index (χ1v) is 6.65. The van der Waals surface area contributed by atoms with E-state index in [2.05, 4.69) is 10.2 Å². The maximum absolute atomic E-state index is 13.0. The maximum atomic E-state index is 13.0. The average molecular weight is 252 g/mol. The Morgan fingerprint density at radius 2 is 2.00 bits per heavy atom. The molecule has 1 aromatic rings. The Kier molecular flexibility index (Phi) is 4.96. The Hall–Kier alpha value is -1.13. The summed E-state index contributed by atoms with van der Waals surface area (Å²) in [4.78, 5) is 2.48. The third-order valence-corrected chi connectivity index (χ3v) is 3.30. The van der Waals surface area contributed by atoms with Gasteiger partial charge >= 0.3 is 0 Å². The molecule has 1 aliphatic heterocycles. The van der Waals surface area contributed by atoms with E-state index in [-0.39, 0.29) is 11.6 Å². The summed E-state index contributed by atoms with van der Waals surface area (Å²) in [5.41, 5.74) is 0.786. The van der Waals surface area contributed by atoms with Gasteiger partial charge < -0.3 is 15.3 Å². The van der Waals surface area contributed by atoms with Crippen molar-refractivity contribution in [2.75, 3.05) is 26.2 Å². The zero-order valence-corrected chi connectivity index (χ0v) is 10.7. The highest BCUT2D eigenvalue weighted by molar-refractivity contribution is 5.28. The molecule has 0 atom stereocenters. The van der Waals surface area contributed by atoms with Gasteiger partial charge in [0.2, 0.25) is 0 Å². The van der Waals surface area contributed by atoms with Crippen molar-refractivity contribution < 1.29 is 9.50 Å². The van der Waals surface area contributed by atoms with E-state index in [1.165, 1.54) is 32.0 Å². The molecule has 0 radical (unpaired) electrons. The summed E-state index contributed by atoms with van der Waals surface area (Å²) in [6, 6.07) is 4.17. The third-order valence-electron chi connectivity index (χ3n) is 3.30. The second-order valence-electron chi connectivity index (χ2n) is 4.90. The van der Waals surface area contributed by atoms with Gasteiger partial charge in [0, 0.05) is 12.6 Å². The highest BCUT2D eigenvalue weighted by Crippen LogP contribution is 2.14. The number of aromatic hydroxyl groups is 1. The monoisotopic (exact) mass is 252 g/mol. The van der Waals surface area contributed by atoms with E-state index in [4.69, 9.17) is 0 Å². The molecule has 1 heterocycles. The minimum absolute atomic E-state index is 0.0103. The van der Waals surface area contributed by atoms with E-state index in [9.17, 15) is 9.50 Å². The van der Waals surface area contributed by atoms with Gasteiger partial charge in [-0.3, -0.25) is 0 Å². The number of hydrogen-bond acceptors (Lipinski definition) is 3. The van der Waals surface area contributed by atoms with Gasteiger partial charge in [-0.1, -0.05) is 0 Å². The molecule has 2 N–H and O–H groups in total. The molecule has 2 rings (SSSR count). The van der Waals surface area contributed by atoms with Crippen molar-refractivity contribution in [2.24, 2.45) is 0 Å². The minimum Gasteiger partial charge on any atom is -0.508 e. The van der Waals surface area contributed by atoms with Crippen molar-refractivity contribution >= 4 is 0 Å². The molecule has 0 bridgehead atoms. The molecule has 0 aliphatic carbocycles. The Labute approximate surface area is 108 Å². The fraction of sp³-hybridized carbons (Fsp3) is 0.571. The summed E-state index contributed by atoms with van der Waals surface area (Å²) < 4.78 is 13.0. The van der Waals surface area contributed by atoms with Crippen LogP contribution < -0.4 is 5.32 Å². The van der Waals surface area contributed by atoms with Crippen molar-refractivity contribution in [2.45, 2.75) is 25.8 Å². The number of hydrogen-bond donors (Lipinski definition) is 2. The molecule has 0 unspecified atom stereocenters. The van der Waals surface area contributed by atoms with Crippen LogP contribution in [0.5, 0.6) is 5.75 Å². The van der Waals surface area contributed by atoms with Crippen LogP contribution >= 0.6 is 0 Å². The lowest BCUT2D eigenvalue weighted by Crippen LogP contribution is -2.24. The van der Waals surface area contributed by atoms with Crippen molar-refractivity contribution in [3.63, 3.8) is 0 Å². The van der Waals surface area contributed by atoms with E-state index in [0.29, 0.717) is 6.54 Å². The fourth-order valence-corrected chi connectivity index (χ4v) is 2.40. The predicted octanol–water partition coefficient (Wildman–Crippen LogP) is 2.11. The van der Waals surface area contributed by atoms with Gasteiger partial charge in [0.25, 0.3) is 0 Å². The van der Waals surface area contributed by atoms with Crippen LogP contribution in [0.4, 0.5) is 4.39 Å². The summed E-state index contributed by atoms with van der Waals surface area (Å²) in [5.74, 6) is -0.396. The normalized spacial score (nSPS) is 16.3. The summed E-state index contributed by atoms with van der Waals surface area (Å²) >= 11 is 0. The first kappa shape index (κ1) is 13.3. The molecule has 1 aliphatic rings. The van der Waals surface area contributed by atoms with Crippen LogP contribution in [0.15, 0.2) is 18.2 Å². The van der Waals surface area contributed by atoms with Gasteiger partial charge in [0.15, 0.2) is 0 Å². The SMILES string of the molecule is Oc1cc(F)cc(CNCCCN2CCCC2)c1. The number of halogens is 1. The zero-order chi connectivity index (χ0) is 12.8. The van der Waals surface area contributed by atoms with Crippen molar-refractivity contribution in [1.29, 1.82) is 0 Å². The average Bonchev–Trinajstić information content (AvgIpc) is 2.80. The number of phenols is 1. The lowest BCUT2D eigenvalue weighted by Gasteiger charge is -2.14. The standard InChI is InChI=1S/C14H21FN2O/c15-13-8-12(9-14(18)10-13)11-16-4-3-7-17-5-1-2-6-17/h8-10,16,18H,1-7,11H2. The molecule has 0 spiro atoms. The predicted molar refractivity (Wildman–Crippen MR) is 70.1 cm³/mol. The lowest BCUT2D eigenvalue weighted by molar-refractivity contribution is 0.331. The fourth-order valence-electron chi connectivity index (χ4n) is 2.40. The van der Waals surface area contributed by atoms with Crippen molar-refractivity contribution in [3.05, 3.63) is 29.6 Å². The molecule has 100 valence electrons. The Bertz CT molecular complexity index is 358. The topological polar surface area (TPSA) is 35.5 Å². The first-order chi connectivity index (χ1) is 8.74. The number of likely N-dealkylation sites (tertiary alicyclic amines) is 1. The molecule has 0 amide bonds. The first-order valence-electron chi connectivity index (χ1n) is 6.65. The number of rotatable bonds is 6. The summed E-state index contributed by atoms with van der Waals surface area (Å²) in [6.45, 7) is 5.13. The van der Waals surface area contributed by atoms with E-state index in [0.717, 1.165) is 31.1 Å². The molecule has 4 heteroatoms. The van der Waals surface area contributed by atoms with Gasteiger partial charge in [-0.15, -0.1) is 0 Å². The van der Waals surface area contributed by atoms with Crippen LogP contribution in [0, 0.1) is 5.82 Å². The van der Waals surface area contributed by atoms with E-state index in [1.807, 2.05) is 0 Å². The van der Waals surface area contributed by atoms with Crippen LogP contribution in [-0.4, -0.2) is 36.2 Å². The number of nitrogens with one attached hydrogen (secondary N) is 1.